The summed E-state index contributed by atoms with van der Waals surface area (Å²) in [7, 11) is 0. The third-order valence-corrected chi connectivity index (χ3v) is 9.41. The Morgan fingerprint density at radius 2 is 1.51 bits per heavy atom. The second-order valence-electron chi connectivity index (χ2n) is 14.1. The highest BCUT2D eigenvalue weighted by atomic mass is 16.4. The van der Waals surface area contributed by atoms with Crippen molar-refractivity contribution in [3.63, 3.8) is 0 Å². The molecule has 4 rings (SSSR count). The summed E-state index contributed by atoms with van der Waals surface area (Å²) in [5.74, 6) is -5.88. The number of hydrogen-bond acceptors (Lipinski definition) is 7. The summed E-state index contributed by atoms with van der Waals surface area (Å²) in [5, 5.41) is 22.0. The van der Waals surface area contributed by atoms with Crippen LogP contribution in [-0.2, 0) is 40.0 Å². The van der Waals surface area contributed by atoms with E-state index in [1.807, 2.05) is 30.3 Å². The molecule has 1 aliphatic heterocycles. The summed E-state index contributed by atoms with van der Waals surface area (Å²) in [6.07, 6.45) is 17.2. The van der Waals surface area contributed by atoms with Gasteiger partial charge in [0.2, 0.25) is 29.4 Å². The zero-order valence-electron chi connectivity index (χ0n) is 32.1. The summed E-state index contributed by atoms with van der Waals surface area (Å²) in [6.45, 7) is 2.59. The van der Waals surface area contributed by atoms with Gasteiger partial charge < -0.3 is 31.7 Å². The highest BCUT2D eigenvalue weighted by molar-refractivity contribution is 6.38. The van der Waals surface area contributed by atoms with Crippen LogP contribution >= 0.6 is 0 Å². The Bertz CT molecular complexity index is 1610. The topological polar surface area (TPSA) is 200 Å². The number of carbonyl (C=O) groups excluding carboxylic acids is 6. The minimum absolute atomic E-state index is 0.0610. The van der Waals surface area contributed by atoms with Crippen molar-refractivity contribution in [1.29, 1.82) is 0 Å². The van der Waals surface area contributed by atoms with Crippen LogP contribution in [0.1, 0.15) is 120 Å². The first-order valence-corrected chi connectivity index (χ1v) is 19.5. The highest BCUT2D eigenvalue weighted by Gasteiger charge is 2.31. The largest absolute Gasteiger partial charge is 0.479 e. The molecule has 2 aromatic rings. The molecule has 2 bridgehead atoms. The monoisotopic (exact) mass is 759 g/mol. The number of ketones is 1. The Kier molecular flexibility index (Phi) is 19.4. The first kappa shape index (κ1) is 44.1. The summed E-state index contributed by atoms with van der Waals surface area (Å²) < 4.78 is 0. The molecule has 13 heteroatoms. The van der Waals surface area contributed by atoms with Gasteiger partial charge in [-0.05, 0) is 49.3 Å². The van der Waals surface area contributed by atoms with Gasteiger partial charge in [0, 0.05) is 12.8 Å². The zero-order chi connectivity index (χ0) is 40.0. The van der Waals surface area contributed by atoms with E-state index in [4.69, 9.17) is 0 Å². The Labute approximate surface area is 323 Å². The van der Waals surface area contributed by atoms with Crippen LogP contribution in [0.3, 0.4) is 0 Å². The van der Waals surface area contributed by atoms with Crippen LogP contribution in [0.5, 0.6) is 0 Å². The molecule has 6 N–H and O–H groups in total. The fourth-order valence-corrected chi connectivity index (χ4v) is 6.33. The van der Waals surface area contributed by atoms with E-state index in [1.54, 1.807) is 25.1 Å². The van der Waals surface area contributed by atoms with E-state index in [0.717, 1.165) is 30.4 Å². The van der Waals surface area contributed by atoms with E-state index < -0.39 is 66.1 Å². The molecular weight excluding hydrogens is 702 g/mol. The molecule has 0 aromatic heterocycles. The molecule has 13 nitrogen and oxygen atoms in total. The van der Waals surface area contributed by atoms with E-state index in [0.29, 0.717) is 18.4 Å². The number of hydrogen-bond donors (Lipinski definition) is 6. The van der Waals surface area contributed by atoms with E-state index in [2.05, 4.69) is 32.7 Å². The van der Waals surface area contributed by atoms with Gasteiger partial charge in [-0.15, -0.1) is 0 Å². The Morgan fingerprint density at radius 1 is 0.836 bits per heavy atom. The van der Waals surface area contributed by atoms with Crippen molar-refractivity contribution in [3.05, 3.63) is 77.4 Å². The van der Waals surface area contributed by atoms with E-state index >= 15 is 0 Å². The molecule has 0 spiro atoms. The van der Waals surface area contributed by atoms with Crippen LogP contribution in [-0.4, -0.2) is 71.1 Å². The van der Waals surface area contributed by atoms with Crippen molar-refractivity contribution in [1.82, 2.24) is 26.6 Å². The smallest absolute Gasteiger partial charge is 0.330 e. The molecule has 55 heavy (non-hydrogen) atoms. The molecule has 2 aromatic carbocycles. The summed E-state index contributed by atoms with van der Waals surface area (Å²) in [6, 6.07) is 10.7. The molecule has 0 saturated heterocycles. The molecule has 1 aliphatic carbocycles. The second kappa shape index (κ2) is 24.2. The van der Waals surface area contributed by atoms with Crippen molar-refractivity contribution >= 4 is 47.4 Å². The average molecular weight is 760 g/mol. The number of Topliss-reactive ketones (excluding diaryl/α,β-unsaturated/α-hetero) is 1. The maximum absolute atomic E-state index is 13.7. The van der Waals surface area contributed by atoms with Crippen LogP contribution in [0.15, 0.2) is 60.7 Å². The lowest BCUT2D eigenvalue weighted by Gasteiger charge is -2.24. The van der Waals surface area contributed by atoms with Gasteiger partial charge in [-0.2, -0.15) is 0 Å². The number of fused-ring (bicyclic) bond motifs is 2. The average Bonchev–Trinajstić information content (AvgIpc) is 3.18. The lowest BCUT2D eigenvalue weighted by molar-refractivity contribution is -0.142. The zero-order valence-corrected chi connectivity index (χ0v) is 32.1. The van der Waals surface area contributed by atoms with Gasteiger partial charge in [-0.3, -0.25) is 28.8 Å². The highest BCUT2D eigenvalue weighted by Crippen LogP contribution is 2.16. The molecule has 4 atom stereocenters. The fraction of sp³-hybridized carbons (Fsp3) is 0.500. The van der Waals surface area contributed by atoms with Crippen LogP contribution < -0.4 is 26.6 Å². The summed E-state index contributed by atoms with van der Waals surface area (Å²) >= 11 is 0. The fourth-order valence-electron chi connectivity index (χ4n) is 6.33. The second-order valence-corrected chi connectivity index (χ2v) is 14.1. The summed E-state index contributed by atoms with van der Waals surface area (Å²) in [5.41, 5.74) is 1.97. The standard InChI is InChI=1S/C36H45N5O8.C6H12/c1-3-13-27(32(44)35(47)37-22-30(43)41-31(36(48)49)26-17-9-7-10-18-26)39-34(46)28-21-25-16-12-15-24(20-25)14-8-5-4-6-11-19-29(42)38-23(2)33(45)40-28;1-2-4-6-5-3-1/h7-10,12,14-18,20,23,27-28,31H,3-6,11,13,19,21-22H2,1-2H3,(H,37,47)(H,38,42)(H,39,46)(H,40,45)(H,41,43)(H,48,49);1-6H2/b14-8-;. The van der Waals surface area contributed by atoms with Gasteiger partial charge in [0.1, 0.15) is 12.1 Å². The quantitative estimate of drug-likeness (QED) is 0.181. The Morgan fingerprint density at radius 3 is 2.16 bits per heavy atom. The number of carbonyl (C=O) groups is 7. The molecule has 0 radical (unpaired) electrons. The van der Waals surface area contributed by atoms with E-state index in [1.165, 1.54) is 57.6 Å². The predicted molar refractivity (Wildman–Crippen MR) is 209 cm³/mol. The number of carboxylic acids is 1. The van der Waals surface area contributed by atoms with Crippen LogP contribution in [0, 0.1) is 0 Å². The molecule has 298 valence electrons. The molecular formula is C42H57N5O8. The van der Waals surface area contributed by atoms with E-state index in [9.17, 15) is 38.7 Å². The van der Waals surface area contributed by atoms with Gasteiger partial charge in [0.15, 0.2) is 6.04 Å². The van der Waals surface area contributed by atoms with E-state index in [-0.39, 0.29) is 25.2 Å². The minimum Gasteiger partial charge on any atom is -0.479 e. The first-order chi connectivity index (χ1) is 26.5. The number of rotatable bonds is 11. The molecule has 1 saturated carbocycles. The molecule has 4 unspecified atom stereocenters. The van der Waals surface area contributed by atoms with Crippen molar-refractivity contribution < 1.29 is 38.7 Å². The SMILES string of the molecule is C1CCCCC1.CCCC(NC(=O)C1Cc2cccc(c2)/C=C\CCCCCC(=O)NC(C)C(=O)N1)C(=O)C(=O)NCC(=O)NC(C(=O)O)c1ccccc1. The lowest BCUT2D eigenvalue weighted by atomic mass is 10.0. The van der Waals surface area contributed by atoms with Gasteiger partial charge in [-0.1, -0.05) is 125 Å². The van der Waals surface area contributed by atoms with Crippen LogP contribution in [0.25, 0.3) is 6.08 Å². The van der Waals surface area contributed by atoms with Crippen molar-refractivity contribution in [2.45, 2.75) is 128 Å². The predicted octanol–water partition coefficient (Wildman–Crippen LogP) is 4.45. The third kappa shape index (κ3) is 16.3. The van der Waals surface area contributed by atoms with Crippen LogP contribution in [0.4, 0.5) is 0 Å². The normalized spacial score (nSPS) is 19.6. The summed E-state index contributed by atoms with van der Waals surface area (Å²) in [4.78, 5) is 89.4. The number of amides is 5. The third-order valence-electron chi connectivity index (χ3n) is 9.41. The number of aliphatic carboxylic acids is 1. The van der Waals surface area contributed by atoms with Gasteiger partial charge in [0.05, 0.1) is 12.6 Å². The minimum atomic E-state index is -1.37. The number of nitrogens with one attached hydrogen (secondary N) is 5. The van der Waals surface area contributed by atoms with Crippen molar-refractivity contribution in [2.24, 2.45) is 0 Å². The first-order valence-electron chi connectivity index (χ1n) is 19.5. The maximum atomic E-state index is 13.7. The van der Waals surface area contributed by atoms with Crippen molar-refractivity contribution in [3.8, 4) is 0 Å². The maximum Gasteiger partial charge on any atom is 0.330 e. The molecule has 1 heterocycles. The number of benzene rings is 2. The number of allylic oxidation sites excluding steroid dienone is 1. The lowest BCUT2D eigenvalue weighted by Crippen LogP contribution is -2.57. The molecule has 5 amide bonds. The van der Waals surface area contributed by atoms with Crippen LogP contribution in [0.2, 0.25) is 0 Å². The molecule has 2 aliphatic rings. The van der Waals surface area contributed by atoms with Gasteiger partial charge >= 0.3 is 5.97 Å². The Balaban J connectivity index is 0.00000123. The van der Waals surface area contributed by atoms with Gasteiger partial charge in [0.25, 0.3) is 5.91 Å². The van der Waals surface area contributed by atoms with Crippen molar-refractivity contribution in [2.75, 3.05) is 6.54 Å². The van der Waals surface area contributed by atoms with Gasteiger partial charge in [-0.25, -0.2) is 4.79 Å². The number of carboxylic acid groups (broad SMARTS) is 1. The molecule has 1 fully saturated rings. The Hall–Kier alpha value is -5.33.